The maximum Gasteiger partial charge on any atom is 0.333 e. The smallest absolute Gasteiger partial charge is 0.333 e. The highest BCUT2D eigenvalue weighted by Crippen LogP contribution is 2.14. The molecule has 1 atom stereocenters. The van der Waals surface area contributed by atoms with E-state index in [2.05, 4.69) is 0 Å². The fraction of sp³-hybridized carbons (Fsp3) is 0.188. The van der Waals surface area contributed by atoms with E-state index in [0.29, 0.717) is 11.4 Å². The van der Waals surface area contributed by atoms with E-state index < -0.39 is 12.1 Å². The normalized spacial score (nSPS) is 12.1. The van der Waals surface area contributed by atoms with Gasteiger partial charge in [-0.05, 0) is 23.3 Å². The van der Waals surface area contributed by atoms with E-state index in [9.17, 15) is 9.90 Å². The summed E-state index contributed by atoms with van der Waals surface area (Å²) in [6.07, 6.45) is -0.586. The molecule has 0 saturated carbocycles. The third-order valence-corrected chi connectivity index (χ3v) is 3.11. The van der Waals surface area contributed by atoms with Gasteiger partial charge in [-0.2, -0.15) is 0 Å². The Morgan fingerprint density at radius 1 is 1.10 bits per heavy atom. The monoisotopic (exact) mass is 290 g/mol. The first kappa shape index (κ1) is 14.6. The van der Waals surface area contributed by atoms with Crippen LogP contribution in [0.2, 0.25) is 5.02 Å². The van der Waals surface area contributed by atoms with Crippen LogP contribution in [0.4, 0.5) is 0 Å². The molecule has 0 aliphatic heterocycles. The van der Waals surface area contributed by atoms with Crippen molar-refractivity contribution in [3.63, 3.8) is 0 Å². The minimum Gasteiger partial charge on any atom is -0.479 e. The number of ether oxygens (including phenoxy) is 1. The summed E-state index contributed by atoms with van der Waals surface area (Å²) in [5, 5.41) is 9.82. The van der Waals surface area contributed by atoms with Crippen molar-refractivity contribution in [1.82, 2.24) is 0 Å². The molecule has 20 heavy (non-hydrogen) atoms. The second-order valence-electron chi connectivity index (χ2n) is 4.46. The molecular formula is C16H15ClO3. The van der Waals surface area contributed by atoms with Crippen molar-refractivity contribution in [2.45, 2.75) is 19.1 Å². The van der Waals surface area contributed by atoms with Crippen LogP contribution < -0.4 is 0 Å². The molecule has 0 saturated heterocycles. The molecule has 4 heteroatoms. The van der Waals surface area contributed by atoms with Gasteiger partial charge in [0.2, 0.25) is 0 Å². The molecule has 0 unspecified atom stereocenters. The van der Waals surface area contributed by atoms with E-state index in [1.165, 1.54) is 0 Å². The molecule has 1 N–H and O–H groups in total. The molecule has 0 radical (unpaired) electrons. The van der Waals surface area contributed by atoms with Gasteiger partial charge in [0.1, 0.15) is 0 Å². The van der Waals surface area contributed by atoms with Crippen molar-refractivity contribution in [2.75, 3.05) is 0 Å². The molecule has 3 nitrogen and oxygen atoms in total. The van der Waals surface area contributed by atoms with Gasteiger partial charge in [0.05, 0.1) is 6.61 Å². The topological polar surface area (TPSA) is 46.5 Å². The maximum absolute atomic E-state index is 11.3. The molecule has 0 fully saturated rings. The fourth-order valence-corrected chi connectivity index (χ4v) is 2.08. The summed E-state index contributed by atoms with van der Waals surface area (Å²) < 4.78 is 5.49. The van der Waals surface area contributed by atoms with Crippen LogP contribution in [0.3, 0.4) is 0 Å². The SMILES string of the molecule is O=C(O)[C@@H](Cc1cccc(Cl)c1)OCc1ccccc1. The number of carboxylic acid groups (broad SMARTS) is 1. The van der Waals surface area contributed by atoms with Crippen molar-refractivity contribution in [3.8, 4) is 0 Å². The van der Waals surface area contributed by atoms with Crippen molar-refractivity contribution >= 4 is 17.6 Å². The zero-order valence-corrected chi connectivity index (χ0v) is 11.6. The van der Waals surface area contributed by atoms with Gasteiger partial charge in [0.25, 0.3) is 0 Å². The third kappa shape index (κ3) is 4.37. The molecule has 0 aliphatic rings. The van der Waals surface area contributed by atoms with Crippen LogP contribution in [0.5, 0.6) is 0 Å². The van der Waals surface area contributed by atoms with Crippen molar-refractivity contribution < 1.29 is 14.6 Å². The Kier molecular flexibility index (Phi) is 5.16. The van der Waals surface area contributed by atoms with Crippen LogP contribution >= 0.6 is 11.6 Å². The molecule has 0 amide bonds. The van der Waals surface area contributed by atoms with Gasteiger partial charge in [-0.15, -0.1) is 0 Å². The average Bonchev–Trinajstić information content (AvgIpc) is 2.44. The molecule has 0 aromatic heterocycles. The number of carbonyl (C=O) groups is 1. The molecule has 0 heterocycles. The molecule has 0 spiro atoms. The Morgan fingerprint density at radius 2 is 1.80 bits per heavy atom. The van der Waals surface area contributed by atoms with Crippen molar-refractivity contribution in [3.05, 3.63) is 70.7 Å². The summed E-state index contributed by atoms with van der Waals surface area (Å²) in [6.45, 7) is 0.276. The van der Waals surface area contributed by atoms with Crippen LogP contribution in [-0.2, 0) is 22.6 Å². The minimum absolute atomic E-state index is 0.276. The quantitative estimate of drug-likeness (QED) is 0.885. The van der Waals surface area contributed by atoms with Crippen LogP contribution in [-0.4, -0.2) is 17.2 Å². The Hall–Kier alpha value is -1.84. The number of hydrogen-bond donors (Lipinski definition) is 1. The van der Waals surface area contributed by atoms with Gasteiger partial charge in [0.15, 0.2) is 6.10 Å². The highest BCUT2D eigenvalue weighted by atomic mass is 35.5. The Morgan fingerprint density at radius 3 is 2.45 bits per heavy atom. The van der Waals surface area contributed by atoms with Gasteiger partial charge < -0.3 is 9.84 Å². The zero-order valence-electron chi connectivity index (χ0n) is 10.8. The number of carboxylic acids is 1. The summed E-state index contributed by atoms with van der Waals surface area (Å²) in [5.74, 6) is -0.971. The van der Waals surface area contributed by atoms with E-state index in [1.807, 2.05) is 36.4 Å². The van der Waals surface area contributed by atoms with E-state index in [1.54, 1.807) is 18.2 Å². The molecule has 0 bridgehead atoms. The van der Waals surface area contributed by atoms with Crippen molar-refractivity contribution in [2.24, 2.45) is 0 Å². The van der Waals surface area contributed by atoms with E-state index in [-0.39, 0.29) is 6.61 Å². The predicted molar refractivity (Wildman–Crippen MR) is 77.8 cm³/mol. The highest BCUT2D eigenvalue weighted by molar-refractivity contribution is 6.30. The van der Waals surface area contributed by atoms with Crippen LogP contribution in [0, 0.1) is 0 Å². The van der Waals surface area contributed by atoms with Crippen LogP contribution in [0.1, 0.15) is 11.1 Å². The fourth-order valence-electron chi connectivity index (χ4n) is 1.87. The third-order valence-electron chi connectivity index (χ3n) is 2.88. The first-order chi connectivity index (χ1) is 9.65. The summed E-state index contributed by atoms with van der Waals surface area (Å²) in [7, 11) is 0. The van der Waals surface area contributed by atoms with Crippen LogP contribution in [0.25, 0.3) is 0 Å². The average molecular weight is 291 g/mol. The Balaban J connectivity index is 1.99. The molecular weight excluding hydrogens is 276 g/mol. The number of aliphatic carboxylic acids is 1. The first-order valence-electron chi connectivity index (χ1n) is 6.28. The largest absolute Gasteiger partial charge is 0.479 e. The van der Waals surface area contributed by atoms with E-state index >= 15 is 0 Å². The van der Waals surface area contributed by atoms with Crippen LogP contribution in [0.15, 0.2) is 54.6 Å². The van der Waals surface area contributed by atoms with Crippen molar-refractivity contribution in [1.29, 1.82) is 0 Å². The second kappa shape index (κ2) is 7.08. The summed E-state index contributed by atoms with van der Waals surface area (Å²) in [5.41, 5.74) is 1.79. The first-order valence-corrected chi connectivity index (χ1v) is 6.66. The lowest BCUT2D eigenvalue weighted by atomic mass is 10.1. The number of halogens is 1. The van der Waals surface area contributed by atoms with Gasteiger partial charge in [-0.3, -0.25) is 0 Å². The van der Waals surface area contributed by atoms with Gasteiger partial charge in [-0.1, -0.05) is 54.1 Å². The minimum atomic E-state index is -0.971. The highest BCUT2D eigenvalue weighted by Gasteiger charge is 2.18. The summed E-state index contributed by atoms with van der Waals surface area (Å²) in [6, 6.07) is 16.6. The zero-order chi connectivity index (χ0) is 14.4. The summed E-state index contributed by atoms with van der Waals surface area (Å²) >= 11 is 5.89. The lowest BCUT2D eigenvalue weighted by Crippen LogP contribution is -2.26. The Labute approximate surface area is 122 Å². The maximum atomic E-state index is 11.3. The van der Waals surface area contributed by atoms with Gasteiger partial charge in [-0.25, -0.2) is 4.79 Å². The molecule has 104 valence electrons. The van der Waals surface area contributed by atoms with Gasteiger partial charge in [0, 0.05) is 11.4 Å². The number of rotatable bonds is 6. The van der Waals surface area contributed by atoms with E-state index in [4.69, 9.17) is 16.3 Å². The molecule has 2 rings (SSSR count). The lowest BCUT2D eigenvalue weighted by Gasteiger charge is -2.14. The standard InChI is InChI=1S/C16H15ClO3/c17-14-8-4-7-13(9-14)10-15(16(18)19)20-11-12-5-2-1-3-6-12/h1-9,15H,10-11H2,(H,18,19)/t15-/m1/s1. The Bertz CT molecular complexity index is 569. The van der Waals surface area contributed by atoms with E-state index in [0.717, 1.165) is 11.1 Å². The predicted octanol–water partition coefficient (Wildman–Crippen LogP) is 3.55. The molecule has 2 aromatic carbocycles. The molecule has 2 aromatic rings. The number of benzene rings is 2. The second-order valence-corrected chi connectivity index (χ2v) is 4.89. The lowest BCUT2D eigenvalue weighted by molar-refractivity contribution is -0.151. The number of hydrogen-bond acceptors (Lipinski definition) is 2. The summed E-state index contributed by atoms with van der Waals surface area (Å²) in [4.78, 5) is 11.3. The van der Waals surface area contributed by atoms with Gasteiger partial charge >= 0.3 is 5.97 Å². The molecule has 0 aliphatic carbocycles.